The van der Waals surface area contributed by atoms with Crippen LogP contribution in [0.15, 0.2) is 57.9 Å². The van der Waals surface area contributed by atoms with Gasteiger partial charge in [0.1, 0.15) is 0 Å². The average molecular weight is 739 g/mol. The Labute approximate surface area is 302 Å². The summed E-state index contributed by atoms with van der Waals surface area (Å²) in [4.78, 5) is 0. The van der Waals surface area contributed by atoms with Gasteiger partial charge in [-0.15, -0.1) is 0 Å². The van der Waals surface area contributed by atoms with Crippen LogP contribution in [-0.2, 0) is 32.1 Å². The normalized spacial score (nSPS) is 20.0. The second-order valence-corrected chi connectivity index (χ2v) is 23.6. The maximum Gasteiger partial charge on any atom is -1.00 e. The summed E-state index contributed by atoms with van der Waals surface area (Å²) in [6.45, 7) is 19.9. The topological polar surface area (TPSA) is 0 Å². The van der Waals surface area contributed by atoms with Crippen LogP contribution in [0.1, 0.15) is 152 Å². The molecule has 2 unspecified atom stereocenters. The van der Waals surface area contributed by atoms with E-state index in [1.165, 1.54) is 92.9 Å². The first-order chi connectivity index (χ1) is 20.9. The molecule has 0 heterocycles. The van der Waals surface area contributed by atoms with Crippen LogP contribution in [0.25, 0.3) is 11.1 Å². The van der Waals surface area contributed by atoms with Crippen LogP contribution in [0.5, 0.6) is 0 Å². The van der Waals surface area contributed by atoms with Gasteiger partial charge in [0.15, 0.2) is 0 Å². The van der Waals surface area contributed by atoms with E-state index in [-0.39, 0.29) is 35.6 Å². The van der Waals surface area contributed by atoms with E-state index in [1.807, 2.05) is 3.28 Å². The van der Waals surface area contributed by atoms with Gasteiger partial charge in [0.05, 0.1) is 0 Å². The van der Waals surface area contributed by atoms with Crippen molar-refractivity contribution in [1.82, 2.24) is 0 Å². The van der Waals surface area contributed by atoms with Gasteiger partial charge in [-0.1, -0.05) is 0 Å². The van der Waals surface area contributed by atoms with Gasteiger partial charge >= 0.3 is 280 Å². The number of halogens is 2. The van der Waals surface area contributed by atoms with Crippen LogP contribution in [0.3, 0.4) is 0 Å². The van der Waals surface area contributed by atoms with E-state index in [1.54, 1.807) is 11.1 Å². The maximum atomic E-state index is 2.72. The Balaban J connectivity index is 0.00000240. The fourth-order valence-corrected chi connectivity index (χ4v) is 19.8. The van der Waals surface area contributed by atoms with Crippen molar-refractivity contribution in [2.24, 2.45) is 23.7 Å². The summed E-state index contributed by atoms with van der Waals surface area (Å²) in [5.41, 5.74) is 9.77. The van der Waals surface area contributed by atoms with E-state index in [2.05, 4.69) is 113 Å². The Hall–Kier alpha value is -0.747. The molecule has 0 saturated heterocycles. The molecule has 0 bridgehead atoms. The summed E-state index contributed by atoms with van der Waals surface area (Å²) >= 11 is -2.49. The van der Waals surface area contributed by atoms with Crippen molar-refractivity contribution in [3.63, 3.8) is 0 Å². The predicted molar refractivity (Wildman–Crippen MR) is 189 cm³/mol. The molecule has 2 aromatic carbocycles. The molecule has 0 nitrogen and oxygen atoms in total. The Bertz CT molecular complexity index is 1360. The number of benzene rings is 2. The van der Waals surface area contributed by atoms with Crippen molar-refractivity contribution in [2.75, 3.05) is 0 Å². The summed E-state index contributed by atoms with van der Waals surface area (Å²) in [6.07, 6.45) is 23.2. The van der Waals surface area contributed by atoms with E-state index in [4.69, 9.17) is 0 Å². The van der Waals surface area contributed by atoms with Crippen LogP contribution < -0.4 is 24.8 Å². The standard InChI is InChI=1S/C21H25.C17H30.C5H5.2ClH.Zr/c1-20(2,3)16-7-9-18-14(12-16)11-15-13-17(21(4,5)6)8-10-19(15)18;1-14(16-9-5-3-6-10-16)13-15(2)17-11-7-4-8-12-17;1-2-4-5-3-1;;;/h7-13H,1-6H3;14-17H,3-12H2,1-2H3;1-3H,4H2;2*1H;/q;;;;;+2/p-2. The summed E-state index contributed by atoms with van der Waals surface area (Å²) in [5.74, 6) is 3.29. The van der Waals surface area contributed by atoms with Gasteiger partial charge in [0, 0.05) is 0 Å². The van der Waals surface area contributed by atoms with Gasteiger partial charge in [-0.3, -0.25) is 0 Å². The fourth-order valence-electron chi connectivity index (χ4n) is 9.37. The minimum absolute atomic E-state index is 0. The molecule has 6 rings (SSSR count). The molecule has 2 aromatic rings. The smallest absolute Gasteiger partial charge is 1.00 e. The SMILES string of the molecule is CC([C](C(C)C1CCCCC1)=[Zr+2]([C]1=CC=CC1)[CH]1c2cc(C(C)(C)C)ccc2-c2ccc(C(C)(C)C)cc21)C1CCCCC1.[Cl-].[Cl-]. The van der Waals surface area contributed by atoms with Crippen molar-refractivity contribution < 1.29 is 46.1 Å². The first kappa shape index (κ1) is 38.1. The zero-order chi connectivity index (χ0) is 31.2. The summed E-state index contributed by atoms with van der Waals surface area (Å²) in [5, 5.41) is 0. The third kappa shape index (κ3) is 7.68. The average Bonchev–Trinajstić information content (AvgIpc) is 3.65. The maximum absolute atomic E-state index is 2.72. The number of rotatable bonds is 6. The second-order valence-electron chi connectivity index (χ2n) is 17.1. The zero-order valence-corrected chi connectivity index (χ0v) is 34.1. The van der Waals surface area contributed by atoms with Crippen molar-refractivity contribution in [2.45, 2.75) is 140 Å². The van der Waals surface area contributed by atoms with Crippen molar-refractivity contribution in [3.8, 4) is 11.1 Å². The van der Waals surface area contributed by atoms with Gasteiger partial charge in [-0.25, -0.2) is 0 Å². The Morgan fingerprint density at radius 3 is 1.46 bits per heavy atom. The Morgan fingerprint density at radius 1 is 0.652 bits per heavy atom. The molecule has 0 spiro atoms. The molecular formula is C43H60Cl2Zr. The largest absolute Gasteiger partial charge is 1.00 e. The van der Waals surface area contributed by atoms with Crippen molar-refractivity contribution >= 4 is 3.21 Å². The predicted octanol–water partition coefficient (Wildman–Crippen LogP) is 6.43. The number of fused-ring (bicyclic) bond motifs is 3. The number of hydrogen-bond acceptors (Lipinski definition) is 0. The summed E-state index contributed by atoms with van der Waals surface area (Å²) in [7, 11) is 0. The minimum atomic E-state index is -2.49. The zero-order valence-electron chi connectivity index (χ0n) is 30.1. The summed E-state index contributed by atoms with van der Waals surface area (Å²) in [6, 6.07) is 15.3. The van der Waals surface area contributed by atoms with E-state index >= 15 is 0 Å². The summed E-state index contributed by atoms with van der Waals surface area (Å²) < 4.78 is 4.58. The van der Waals surface area contributed by atoms with Gasteiger partial charge in [0.2, 0.25) is 0 Å². The molecule has 46 heavy (non-hydrogen) atoms. The van der Waals surface area contributed by atoms with Crippen molar-refractivity contribution in [3.05, 3.63) is 80.2 Å². The second kappa shape index (κ2) is 15.4. The molecular weight excluding hydrogens is 679 g/mol. The molecule has 0 aromatic heterocycles. The first-order valence-corrected chi connectivity index (χ1v) is 22.2. The molecule has 0 N–H and O–H groups in total. The molecule has 3 heteroatoms. The minimum Gasteiger partial charge on any atom is -1.00 e. The van der Waals surface area contributed by atoms with Crippen LogP contribution in [-0.4, -0.2) is 3.21 Å². The molecule has 4 aliphatic rings. The third-order valence-electron chi connectivity index (χ3n) is 12.2. The monoisotopic (exact) mass is 736 g/mol. The quantitative estimate of drug-likeness (QED) is 0.321. The van der Waals surface area contributed by atoms with E-state index in [0.717, 1.165) is 23.7 Å². The van der Waals surface area contributed by atoms with Crippen LogP contribution in [0.2, 0.25) is 0 Å². The molecule has 2 fully saturated rings. The molecule has 0 amide bonds. The van der Waals surface area contributed by atoms with Crippen LogP contribution >= 0.6 is 0 Å². The first-order valence-electron chi connectivity index (χ1n) is 18.3. The van der Waals surface area contributed by atoms with E-state index < -0.39 is 21.3 Å². The van der Waals surface area contributed by atoms with Crippen LogP contribution in [0, 0.1) is 23.7 Å². The van der Waals surface area contributed by atoms with Crippen LogP contribution in [0.4, 0.5) is 0 Å². The van der Waals surface area contributed by atoms with E-state index in [0.29, 0.717) is 3.63 Å². The molecule has 2 saturated carbocycles. The van der Waals surface area contributed by atoms with Gasteiger partial charge in [-0.2, -0.15) is 0 Å². The molecule has 250 valence electrons. The Morgan fingerprint density at radius 2 is 1.09 bits per heavy atom. The van der Waals surface area contributed by atoms with Crippen molar-refractivity contribution in [1.29, 1.82) is 0 Å². The van der Waals surface area contributed by atoms with Gasteiger partial charge in [0.25, 0.3) is 0 Å². The number of allylic oxidation sites excluding steroid dienone is 4. The molecule has 0 radical (unpaired) electrons. The molecule has 0 aliphatic heterocycles. The molecule has 2 atom stereocenters. The van der Waals surface area contributed by atoms with Gasteiger partial charge in [-0.05, 0) is 0 Å². The third-order valence-corrected chi connectivity index (χ3v) is 21.5. The Kier molecular flexibility index (Phi) is 12.8. The fraction of sp³-hybridized carbons (Fsp3) is 0.605. The number of hydrogen-bond donors (Lipinski definition) is 0. The van der Waals surface area contributed by atoms with Gasteiger partial charge < -0.3 is 24.8 Å². The molecule has 4 aliphatic carbocycles. The van der Waals surface area contributed by atoms with E-state index in [9.17, 15) is 0 Å².